The zero-order chi connectivity index (χ0) is 13.7. The summed E-state index contributed by atoms with van der Waals surface area (Å²) in [6.07, 6.45) is 3.34. The second-order valence-corrected chi connectivity index (χ2v) is 5.91. The minimum atomic E-state index is -0.416. The number of hydrogen-bond donors (Lipinski definition) is 0. The smallest absolute Gasteiger partial charge is 0.319 e. The first-order chi connectivity index (χ1) is 9.22. The number of rotatable bonds is 4. The standard InChI is InChI=1S/C15H18O3S/c1-18-15(17)14(12-9-5-6-10-13(12)16)19-11-7-3-2-4-8-11/h2-4,7-8,12,14H,5-6,9-10H2,1H3. The van der Waals surface area contributed by atoms with Crippen molar-refractivity contribution in [1.82, 2.24) is 0 Å². The molecule has 102 valence electrons. The molecule has 1 fully saturated rings. The van der Waals surface area contributed by atoms with E-state index in [0.29, 0.717) is 6.42 Å². The Bertz CT molecular complexity index is 444. The first-order valence-corrected chi connectivity index (χ1v) is 7.42. The highest BCUT2D eigenvalue weighted by Gasteiger charge is 2.36. The van der Waals surface area contributed by atoms with Gasteiger partial charge in [0.2, 0.25) is 0 Å². The molecule has 1 aliphatic carbocycles. The fourth-order valence-electron chi connectivity index (χ4n) is 2.39. The Morgan fingerprint density at radius 3 is 2.68 bits per heavy atom. The van der Waals surface area contributed by atoms with Crippen molar-refractivity contribution in [1.29, 1.82) is 0 Å². The van der Waals surface area contributed by atoms with Crippen molar-refractivity contribution in [2.45, 2.75) is 35.8 Å². The quantitative estimate of drug-likeness (QED) is 0.627. The van der Waals surface area contributed by atoms with Crippen molar-refractivity contribution in [3.05, 3.63) is 30.3 Å². The van der Waals surface area contributed by atoms with Gasteiger partial charge in [0.1, 0.15) is 11.0 Å². The molecule has 0 saturated heterocycles. The third kappa shape index (κ3) is 3.60. The monoisotopic (exact) mass is 278 g/mol. The van der Waals surface area contributed by atoms with E-state index in [4.69, 9.17) is 4.74 Å². The van der Waals surface area contributed by atoms with Gasteiger partial charge in [0, 0.05) is 17.2 Å². The molecule has 0 amide bonds. The minimum absolute atomic E-state index is 0.199. The number of Topliss-reactive ketones (excluding diaryl/α,β-unsaturated/α-hetero) is 1. The highest BCUT2D eigenvalue weighted by Crippen LogP contribution is 2.35. The van der Waals surface area contributed by atoms with Gasteiger partial charge in [-0.2, -0.15) is 0 Å². The number of ether oxygens (including phenoxy) is 1. The molecule has 19 heavy (non-hydrogen) atoms. The zero-order valence-corrected chi connectivity index (χ0v) is 11.8. The van der Waals surface area contributed by atoms with Crippen molar-refractivity contribution >= 4 is 23.5 Å². The molecule has 0 radical (unpaired) electrons. The third-order valence-electron chi connectivity index (χ3n) is 3.41. The van der Waals surface area contributed by atoms with E-state index in [-0.39, 0.29) is 17.7 Å². The Kier molecular flexibility index (Phi) is 5.02. The summed E-state index contributed by atoms with van der Waals surface area (Å²) < 4.78 is 4.87. The molecule has 1 aromatic carbocycles. The number of thioether (sulfide) groups is 1. The van der Waals surface area contributed by atoms with Gasteiger partial charge < -0.3 is 4.74 Å². The maximum atomic E-state index is 12.0. The molecule has 2 unspecified atom stereocenters. The maximum absolute atomic E-state index is 12.0. The van der Waals surface area contributed by atoms with Crippen LogP contribution in [0.15, 0.2) is 35.2 Å². The van der Waals surface area contributed by atoms with Crippen LogP contribution in [-0.4, -0.2) is 24.1 Å². The molecule has 2 atom stereocenters. The van der Waals surface area contributed by atoms with Crippen LogP contribution in [-0.2, 0) is 14.3 Å². The van der Waals surface area contributed by atoms with Crippen LogP contribution in [0.3, 0.4) is 0 Å². The first kappa shape index (κ1) is 14.1. The molecule has 0 heterocycles. The molecule has 0 spiro atoms. The highest BCUT2D eigenvalue weighted by atomic mass is 32.2. The van der Waals surface area contributed by atoms with Crippen molar-refractivity contribution in [2.75, 3.05) is 7.11 Å². The number of benzene rings is 1. The number of methoxy groups -OCH3 is 1. The molecule has 1 aliphatic rings. The van der Waals surface area contributed by atoms with Gasteiger partial charge >= 0.3 is 5.97 Å². The molecular weight excluding hydrogens is 260 g/mol. The summed E-state index contributed by atoms with van der Waals surface area (Å²) in [5.41, 5.74) is 0. The van der Waals surface area contributed by atoms with E-state index < -0.39 is 5.25 Å². The van der Waals surface area contributed by atoms with Crippen LogP contribution < -0.4 is 0 Å². The van der Waals surface area contributed by atoms with Gasteiger partial charge in [0.15, 0.2) is 0 Å². The molecule has 1 saturated carbocycles. The summed E-state index contributed by atoms with van der Waals surface area (Å²) in [4.78, 5) is 25.0. The first-order valence-electron chi connectivity index (χ1n) is 6.54. The average Bonchev–Trinajstić information content (AvgIpc) is 2.46. The van der Waals surface area contributed by atoms with Crippen LogP contribution in [0.5, 0.6) is 0 Å². The Morgan fingerprint density at radius 2 is 2.05 bits per heavy atom. The molecular formula is C15H18O3S. The lowest BCUT2D eigenvalue weighted by Gasteiger charge is -2.26. The van der Waals surface area contributed by atoms with E-state index in [1.165, 1.54) is 18.9 Å². The summed E-state index contributed by atoms with van der Waals surface area (Å²) in [5, 5.41) is -0.416. The van der Waals surface area contributed by atoms with Gasteiger partial charge in [-0.25, -0.2) is 0 Å². The summed E-state index contributed by atoms with van der Waals surface area (Å²) in [6.45, 7) is 0. The summed E-state index contributed by atoms with van der Waals surface area (Å²) in [5.74, 6) is -0.300. The third-order valence-corrected chi connectivity index (χ3v) is 4.73. The number of carbonyl (C=O) groups is 2. The predicted molar refractivity (Wildman–Crippen MR) is 75.1 cm³/mol. The minimum Gasteiger partial charge on any atom is -0.468 e. The largest absolute Gasteiger partial charge is 0.468 e. The average molecular weight is 278 g/mol. The van der Waals surface area contributed by atoms with Crippen molar-refractivity contribution < 1.29 is 14.3 Å². The SMILES string of the molecule is COC(=O)C(Sc1ccccc1)C1CCCCC1=O. The highest BCUT2D eigenvalue weighted by molar-refractivity contribution is 8.00. The maximum Gasteiger partial charge on any atom is 0.319 e. The Morgan fingerprint density at radius 1 is 1.32 bits per heavy atom. The van der Waals surface area contributed by atoms with Gasteiger partial charge in [0.25, 0.3) is 0 Å². The van der Waals surface area contributed by atoms with Gasteiger partial charge in [-0.1, -0.05) is 24.6 Å². The van der Waals surface area contributed by atoms with E-state index in [9.17, 15) is 9.59 Å². The van der Waals surface area contributed by atoms with Gasteiger partial charge in [-0.05, 0) is 25.0 Å². The van der Waals surface area contributed by atoms with E-state index in [1.54, 1.807) is 0 Å². The summed E-state index contributed by atoms with van der Waals surface area (Å²) >= 11 is 1.44. The van der Waals surface area contributed by atoms with Crippen molar-refractivity contribution in [3.63, 3.8) is 0 Å². The molecule has 2 rings (SSSR count). The molecule has 0 aliphatic heterocycles. The lowest BCUT2D eigenvalue weighted by molar-refractivity contribution is -0.143. The van der Waals surface area contributed by atoms with Crippen molar-refractivity contribution in [3.8, 4) is 0 Å². The van der Waals surface area contributed by atoms with Crippen LogP contribution in [0.4, 0.5) is 0 Å². The van der Waals surface area contributed by atoms with Gasteiger partial charge in [-0.15, -0.1) is 11.8 Å². The number of hydrogen-bond acceptors (Lipinski definition) is 4. The number of esters is 1. The topological polar surface area (TPSA) is 43.4 Å². The van der Waals surface area contributed by atoms with Crippen LogP contribution in [0.25, 0.3) is 0 Å². The van der Waals surface area contributed by atoms with Crippen LogP contribution in [0.2, 0.25) is 0 Å². The second kappa shape index (κ2) is 6.75. The second-order valence-electron chi connectivity index (χ2n) is 4.69. The van der Waals surface area contributed by atoms with E-state index in [0.717, 1.165) is 24.2 Å². The Hall–Kier alpha value is -1.29. The van der Waals surface area contributed by atoms with E-state index >= 15 is 0 Å². The number of carbonyl (C=O) groups excluding carboxylic acids is 2. The molecule has 3 nitrogen and oxygen atoms in total. The Balaban J connectivity index is 2.16. The Labute approximate surface area is 117 Å². The lowest BCUT2D eigenvalue weighted by atomic mass is 9.85. The molecule has 0 N–H and O–H groups in total. The normalized spacial score (nSPS) is 20.9. The zero-order valence-electron chi connectivity index (χ0n) is 11.0. The van der Waals surface area contributed by atoms with Crippen LogP contribution in [0.1, 0.15) is 25.7 Å². The summed E-state index contributed by atoms with van der Waals surface area (Å²) in [6, 6.07) is 9.70. The molecule has 0 aromatic heterocycles. The van der Waals surface area contributed by atoms with Crippen molar-refractivity contribution in [2.24, 2.45) is 5.92 Å². The summed E-state index contributed by atoms with van der Waals surface area (Å²) in [7, 11) is 1.38. The molecule has 4 heteroatoms. The van der Waals surface area contributed by atoms with Gasteiger partial charge in [0.05, 0.1) is 7.11 Å². The van der Waals surface area contributed by atoms with E-state index in [2.05, 4.69) is 0 Å². The predicted octanol–water partition coefficient (Wildman–Crippen LogP) is 3.08. The van der Waals surface area contributed by atoms with Gasteiger partial charge in [-0.3, -0.25) is 9.59 Å². The van der Waals surface area contributed by atoms with Crippen LogP contribution >= 0.6 is 11.8 Å². The fraction of sp³-hybridized carbons (Fsp3) is 0.467. The van der Waals surface area contributed by atoms with Crippen LogP contribution in [0, 0.1) is 5.92 Å². The molecule has 1 aromatic rings. The lowest BCUT2D eigenvalue weighted by Crippen LogP contribution is -2.35. The van der Waals surface area contributed by atoms with E-state index in [1.807, 2.05) is 30.3 Å². The molecule has 0 bridgehead atoms. The fourth-order valence-corrected chi connectivity index (χ4v) is 3.64. The number of ketones is 1.